The predicted octanol–water partition coefficient (Wildman–Crippen LogP) is 3.15. The third-order valence-electron chi connectivity index (χ3n) is 4.26. The molecule has 2 aromatic carbocycles. The molecule has 0 bridgehead atoms. The van der Waals surface area contributed by atoms with Crippen LogP contribution in [-0.4, -0.2) is 31.1 Å². The van der Waals surface area contributed by atoms with Crippen molar-refractivity contribution in [1.82, 2.24) is 25.2 Å². The summed E-state index contributed by atoms with van der Waals surface area (Å²) in [5.74, 6) is 0.746. The van der Waals surface area contributed by atoms with Gasteiger partial charge in [-0.25, -0.2) is 0 Å². The summed E-state index contributed by atoms with van der Waals surface area (Å²) >= 11 is 0. The first-order valence-corrected chi connectivity index (χ1v) is 9.07. The molecule has 8 heteroatoms. The van der Waals surface area contributed by atoms with Gasteiger partial charge in [-0.05, 0) is 24.6 Å². The number of aromatic amines is 1. The molecule has 0 saturated carbocycles. The van der Waals surface area contributed by atoms with Gasteiger partial charge in [-0.2, -0.15) is 5.10 Å². The first-order chi connectivity index (χ1) is 13.8. The van der Waals surface area contributed by atoms with Gasteiger partial charge in [0.15, 0.2) is 0 Å². The van der Waals surface area contributed by atoms with E-state index in [9.17, 15) is 4.79 Å². The highest BCUT2D eigenvalue weighted by Gasteiger charge is 2.08. The van der Waals surface area contributed by atoms with E-state index in [2.05, 4.69) is 25.8 Å². The minimum Gasteiger partial charge on any atom is -0.487 e. The molecule has 8 nitrogen and oxygen atoms in total. The van der Waals surface area contributed by atoms with Crippen LogP contribution in [-0.2, 0) is 17.9 Å². The Labute approximate surface area is 161 Å². The molecule has 0 fully saturated rings. The molecule has 28 heavy (non-hydrogen) atoms. The van der Waals surface area contributed by atoms with Gasteiger partial charge < -0.3 is 10.1 Å². The number of aromatic nitrogens is 5. The lowest BCUT2D eigenvalue weighted by Gasteiger charge is -2.06. The molecule has 2 aromatic heterocycles. The number of fused-ring (bicyclic) bond motifs is 1. The van der Waals surface area contributed by atoms with Gasteiger partial charge in [0.2, 0.25) is 5.91 Å². The van der Waals surface area contributed by atoms with Crippen molar-refractivity contribution in [3.8, 4) is 5.75 Å². The number of nitrogens with one attached hydrogen (secondary N) is 2. The number of hydrogen-bond donors (Lipinski definition) is 2. The van der Waals surface area contributed by atoms with Crippen molar-refractivity contribution in [1.29, 1.82) is 0 Å². The average Bonchev–Trinajstić information content (AvgIpc) is 3.37. The lowest BCUT2D eigenvalue weighted by atomic mass is 10.2. The van der Waals surface area contributed by atoms with Crippen molar-refractivity contribution < 1.29 is 9.53 Å². The van der Waals surface area contributed by atoms with Crippen LogP contribution < -0.4 is 10.1 Å². The van der Waals surface area contributed by atoms with E-state index in [0.717, 1.165) is 28.0 Å². The van der Waals surface area contributed by atoms with E-state index in [1.807, 2.05) is 54.7 Å². The van der Waals surface area contributed by atoms with Crippen molar-refractivity contribution >= 4 is 22.5 Å². The zero-order chi connectivity index (χ0) is 19.2. The monoisotopic (exact) mass is 376 g/mol. The van der Waals surface area contributed by atoms with Crippen LogP contribution in [0.4, 0.5) is 5.69 Å². The highest BCUT2D eigenvalue weighted by molar-refractivity contribution is 6.00. The third kappa shape index (κ3) is 4.35. The Morgan fingerprint density at radius 1 is 1.14 bits per heavy atom. The average molecular weight is 376 g/mol. The fourth-order valence-corrected chi connectivity index (χ4v) is 2.88. The van der Waals surface area contributed by atoms with Crippen LogP contribution in [0.3, 0.4) is 0 Å². The number of H-pyrrole nitrogens is 1. The first-order valence-electron chi connectivity index (χ1n) is 9.07. The summed E-state index contributed by atoms with van der Waals surface area (Å²) < 4.78 is 7.38. The molecular formula is C20H20N6O2. The van der Waals surface area contributed by atoms with Gasteiger partial charge in [0.25, 0.3) is 0 Å². The molecule has 0 atom stereocenters. The van der Waals surface area contributed by atoms with E-state index in [1.165, 1.54) is 0 Å². The molecule has 4 aromatic rings. The van der Waals surface area contributed by atoms with E-state index in [-0.39, 0.29) is 5.91 Å². The quantitative estimate of drug-likeness (QED) is 0.492. The summed E-state index contributed by atoms with van der Waals surface area (Å²) in [6.07, 6.45) is 4.62. The van der Waals surface area contributed by atoms with Crippen LogP contribution >= 0.6 is 0 Å². The number of benzene rings is 2. The Morgan fingerprint density at radius 3 is 2.93 bits per heavy atom. The summed E-state index contributed by atoms with van der Waals surface area (Å²) in [5.41, 5.74) is 2.32. The van der Waals surface area contributed by atoms with Crippen LogP contribution in [0.2, 0.25) is 0 Å². The summed E-state index contributed by atoms with van der Waals surface area (Å²) in [6.45, 7) is 0.971. The number of carbonyl (C=O) groups excluding carboxylic acids is 1. The smallest absolute Gasteiger partial charge is 0.224 e. The third-order valence-corrected chi connectivity index (χ3v) is 4.26. The number of rotatable bonds is 8. The van der Waals surface area contributed by atoms with Crippen LogP contribution in [0.1, 0.15) is 18.5 Å². The fourth-order valence-electron chi connectivity index (χ4n) is 2.88. The van der Waals surface area contributed by atoms with Gasteiger partial charge in [-0.1, -0.05) is 35.5 Å². The van der Waals surface area contributed by atoms with Gasteiger partial charge in [0, 0.05) is 18.4 Å². The Bertz CT molecular complexity index is 1060. The molecule has 0 saturated heterocycles. The van der Waals surface area contributed by atoms with Gasteiger partial charge in [0.05, 0.1) is 23.6 Å². The molecule has 0 spiro atoms. The molecule has 1 amide bonds. The minimum absolute atomic E-state index is 0.0464. The highest BCUT2D eigenvalue weighted by Crippen LogP contribution is 2.20. The largest absolute Gasteiger partial charge is 0.487 e. The molecule has 2 heterocycles. The zero-order valence-electron chi connectivity index (χ0n) is 15.2. The molecule has 0 unspecified atom stereocenters. The van der Waals surface area contributed by atoms with Crippen molar-refractivity contribution in [3.05, 3.63) is 66.6 Å². The van der Waals surface area contributed by atoms with Crippen LogP contribution in [0.5, 0.6) is 5.75 Å². The van der Waals surface area contributed by atoms with Crippen LogP contribution in [0, 0.1) is 0 Å². The number of carbonyl (C=O) groups is 1. The summed E-state index contributed by atoms with van der Waals surface area (Å²) in [5, 5.41) is 19.0. The van der Waals surface area contributed by atoms with E-state index in [4.69, 9.17) is 4.74 Å². The number of aryl methyl sites for hydroxylation is 1. The van der Waals surface area contributed by atoms with Crippen molar-refractivity contribution in [2.24, 2.45) is 0 Å². The standard InChI is InChI=1S/C20H20N6O2/c27-19(22-18-9-4-6-15-12-21-24-20(15)18)10-5-11-26-13-16(23-25-26)14-28-17-7-2-1-3-8-17/h1-4,6-9,12-13H,5,10-11,14H2,(H,21,24)(H,22,27). The molecule has 0 aliphatic rings. The molecule has 0 aliphatic heterocycles. The maximum Gasteiger partial charge on any atom is 0.224 e. The van der Waals surface area contributed by atoms with E-state index >= 15 is 0 Å². The lowest BCUT2D eigenvalue weighted by Crippen LogP contribution is -2.13. The minimum atomic E-state index is -0.0464. The van der Waals surface area contributed by atoms with Gasteiger partial charge in [-0.3, -0.25) is 14.6 Å². The lowest BCUT2D eigenvalue weighted by molar-refractivity contribution is -0.116. The van der Waals surface area contributed by atoms with Crippen molar-refractivity contribution in [3.63, 3.8) is 0 Å². The van der Waals surface area contributed by atoms with Gasteiger partial charge in [-0.15, -0.1) is 5.10 Å². The maximum absolute atomic E-state index is 12.2. The van der Waals surface area contributed by atoms with Crippen LogP contribution in [0.15, 0.2) is 60.9 Å². The summed E-state index contributed by atoms with van der Waals surface area (Å²) in [6, 6.07) is 15.3. The molecular weight excluding hydrogens is 356 g/mol. The highest BCUT2D eigenvalue weighted by atomic mass is 16.5. The van der Waals surface area contributed by atoms with E-state index in [1.54, 1.807) is 10.9 Å². The number of anilines is 1. The Kier molecular flexibility index (Phi) is 5.28. The fraction of sp³-hybridized carbons (Fsp3) is 0.200. The topological polar surface area (TPSA) is 97.7 Å². The number of amides is 1. The Morgan fingerprint density at radius 2 is 2.04 bits per heavy atom. The van der Waals surface area contributed by atoms with Crippen molar-refractivity contribution in [2.45, 2.75) is 26.0 Å². The van der Waals surface area contributed by atoms with Gasteiger partial charge >= 0.3 is 0 Å². The SMILES string of the molecule is O=C(CCCn1cc(COc2ccccc2)nn1)Nc1cccc2cn[nH]c12. The second kappa shape index (κ2) is 8.34. The van der Waals surface area contributed by atoms with E-state index in [0.29, 0.717) is 26.0 Å². The second-order valence-corrected chi connectivity index (χ2v) is 6.37. The zero-order valence-corrected chi connectivity index (χ0v) is 15.2. The second-order valence-electron chi connectivity index (χ2n) is 6.37. The van der Waals surface area contributed by atoms with Gasteiger partial charge in [0.1, 0.15) is 18.1 Å². The summed E-state index contributed by atoms with van der Waals surface area (Å²) in [7, 11) is 0. The predicted molar refractivity (Wildman–Crippen MR) is 105 cm³/mol. The number of hydrogen-bond acceptors (Lipinski definition) is 5. The number of para-hydroxylation sites is 2. The van der Waals surface area contributed by atoms with Crippen LogP contribution in [0.25, 0.3) is 10.9 Å². The maximum atomic E-state index is 12.2. The first kappa shape index (κ1) is 17.7. The Hall–Kier alpha value is -3.68. The Balaban J connectivity index is 1.23. The molecule has 2 N–H and O–H groups in total. The van der Waals surface area contributed by atoms with Crippen molar-refractivity contribution in [2.75, 3.05) is 5.32 Å². The summed E-state index contributed by atoms with van der Waals surface area (Å²) in [4.78, 5) is 12.2. The van der Waals surface area contributed by atoms with E-state index < -0.39 is 0 Å². The number of ether oxygens (including phenoxy) is 1. The molecule has 0 aliphatic carbocycles. The molecule has 0 radical (unpaired) electrons. The normalized spacial score (nSPS) is 10.9. The molecule has 142 valence electrons. The number of nitrogens with zero attached hydrogens (tertiary/aromatic N) is 4. The molecule has 4 rings (SSSR count).